The number of nitrogens with zero attached hydrogens (tertiary/aromatic N) is 1. The Kier molecular flexibility index (Phi) is 4.82. The van der Waals surface area contributed by atoms with E-state index >= 15 is 0 Å². The molecule has 0 unspecified atom stereocenters. The molecule has 3 aromatic rings. The molecule has 26 heavy (non-hydrogen) atoms. The van der Waals surface area contributed by atoms with E-state index in [2.05, 4.69) is 10.3 Å². The van der Waals surface area contributed by atoms with Crippen LogP contribution in [-0.4, -0.2) is 25.6 Å². The molecule has 1 amide bonds. The summed E-state index contributed by atoms with van der Waals surface area (Å²) in [6.45, 7) is 4.00. The molecule has 0 spiro atoms. The first-order valence-corrected chi connectivity index (χ1v) is 10.3. The number of fused-ring (bicyclic) bond motifs is 1. The number of carbonyl (C=O) groups excluding carboxylic acids is 1. The largest absolute Gasteiger partial charge is 0.440 e. The molecular formula is C19H20N2O4S. The van der Waals surface area contributed by atoms with Gasteiger partial charge in [-0.2, -0.15) is 0 Å². The van der Waals surface area contributed by atoms with Gasteiger partial charge in [0, 0.05) is 29.5 Å². The van der Waals surface area contributed by atoms with E-state index in [-0.39, 0.29) is 17.6 Å². The van der Waals surface area contributed by atoms with Crippen LogP contribution in [-0.2, 0) is 15.6 Å². The van der Waals surface area contributed by atoms with Gasteiger partial charge in [-0.3, -0.25) is 4.79 Å². The molecule has 0 saturated carbocycles. The fraction of sp³-hybridized carbons (Fsp3) is 0.263. The lowest BCUT2D eigenvalue weighted by atomic mass is 10.1. The molecule has 3 rings (SSSR count). The van der Waals surface area contributed by atoms with Crippen LogP contribution in [0, 0.1) is 0 Å². The van der Waals surface area contributed by atoms with Crippen LogP contribution in [0.15, 0.2) is 46.9 Å². The van der Waals surface area contributed by atoms with Crippen LogP contribution in [0.25, 0.3) is 11.1 Å². The highest BCUT2D eigenvalue weighted by molar-refractivity contribution is 7.89. The second kappa shape index (κ2) is 6.92. The van der Waals surface area contributed by atoms with Crippen molar-refractivity contribution in [1.82, 2.24) is 4.98 Å². The van der Waals surface area contributed by atoms with E-state index in [0.717, 1.165) is 5.52 Å². The van der Waals surface area contributed by atoms with Crippen molar-refractivity contribution in [3.63, 3.8) is 0 Å². The average Bonchev–Trinajstić information content (AvgIpc) is 2.97. The Balaban J connectivity index is 1.76. The first kappa shape index (κ1) is 18.1. The number of oxazole rings is 1. The van der Waals surface area contributed by atoms with Crippen LogP contribution in [0.4, 0.5) is 5.69 Å². The van der Waals surface area contributed by atoms with Crippen LogP contribution in [0.3, 0.4) is 0 Å². The summed E-state index contributed by atoms with van der Waals surface area (Å²) in [5.41, 5.74) is 3.07. The van der Waals surface area contributed by atoms with Gasteiger partial charge in [-0.1, -0.05) is 26.0 Å². The number of carbonyl (C=O) groups is 1. The van der Waals surface area contributed by atoms with Crippen LogP contribution in [0.1, 0.15) is 41.6 Å². The van der Waals surface area contributed by atoms with Crippen molar-refractivity contribution < 1.29 is 17.6 Å². The molecule has 0 aliphatic carbocycles. The molecule has 1 N–H and O–H groups in total. The smallest absolute Gasteiger partial charge is 0.255 e. The third-order valence-corrected chi connectivity index (χ3v) is 4.66. The maximum atomic E-state index is 12.4. The molecule has 2 aromatic carbocycles. The van der Waals surface area contributed by atoms with Crippen molar-refractivity contribution in [2.45, 2.75) is 25.5 Å². The predicted molar refractivity (Wildman–Crippen MR) is 101 cm³/mol. The Morgan fingerprint density at radius 1 is 1.15 bits per heavy atom. The highest BCUT2D eigenvalue weighted by Crippen LogP contribution is 2.24. The summed E-state index contributed by atoms with van der Waals surface area (Å²) in [4.78, 5) is 16.8. The second-order valence-electron chi connectivity index (χ2n) is 6.61. The van der Waals surface area contributed by atoms with E-state index in [1.165, 1.54) is 6.26 Å². The molecule has 0 bridgehead atoms. The van der Waals surface area contributed by atoms with Crippen LogP contribution >= 0.6 is 0 Å². The maximum absolute atomic E-state index is 12.4. The lowest BCUT2D eigenvalue weighted by Crippen LogP contribution is -2.12. The number of anilines is 1. The van der Waals surface area contributed by atoms with Crippen molar-refractivity contribution in [2.75, 3.05) is 11.6 Å². The molecule has 6 nitrogen and oxygen atoms in total. The zero-order valence-corrected chi connectivity index (χ0v) is 15.6. The zero-order chi connectivity index (χ0) is 18.9. The lowest BCUT2D eigenvalue weighted by Gasteiger charge is -2.06. The Bertz CT molecular complexity index is 1050. The lowest BCUT2D eigenvalue weighted by molar-refractivity contribution is 0.102. The molecular weight excluding hydrogens is 352 g/mol. The van der Waals surface area contributed by atoms with Gasteiger partial charge in [0.05, 0.1) is 5.75 Å². The van der Waals surface area contributed by atoms with Gasteiger partial charge in [-0.25, -0.2) is 13.4 Å². The number of aromatic nitrogens is 1. The normalized spacial score (nSPS) is 11.8. The van der Waals surface area contributed by atoms with Gasteiger partial charge in [-0.15, -0.1) is 0 Å². The van der Waals surface area contributed by atoms with Gasteiger partial charge in [0.1, 0.15) is 5.52 Å². The number of rotatable bonds is 5. The number of hydrogen-bond acceptors (Lipinski definition) is 5. The number of sulfone groups is 1. The Morgan fingerprint density at radius 2 is 1.85 bits per heavy atom. The van der Waals surface area contributed by atoms with Crippen molar-refractivity contribution >= 4 is 32.5 Å². The second-order valence-corrected chi connectivity index (χ2v) is 8.75. The summed E-state index contributed by atoms with van der Waals surface area (Å²) in [5.74, 6) is 0.518. The molecule has 1 aromatic heterocycles. The topological polar surface area (TPSA) is 89.3 Å². The SMILES string of the molecule is CC(C)c1nc2ccc(NC(=O)c3ccc(CS(C)(=O)=O)cc3)cc2o1. The standard InChI is InChI=1S/C19H20N2O4S/c1-12(2)19-21-16-9-8-15(10-17(16)25-19)20-18(22)14-6-4-13(5-7-14)11-26(3,23)24/h4-10,12H,11H2,1-3H3,(H,20,22). The minimum Gasteiger partial charge on any atom is -0.440 e. The van der Waals surface area contributed by atoms with Crippen LogP contribution < -0.4 is 5.32 Å². The minimum atomic E-state index is -3.10. The first-order valence-electron chi connectivity index (χ1n) is 8.20. The van der Waals surface area contributed by atoms with E-state index < -0.39 is 9.84 Å². The number of amides is 1. The zero-order valence-electron chi connectivity index (χ0n) is 14.8. The van der Waals surface area contributed by atoms with Gasteiger partial charge < -0.3 is 9.73 Å². The van der Waals surface area contributed by atoms with Crippen molar-refractivity contribution in [3.8, 4) is 0 Å². The predicted octanol–water partition coefficient (Wildman–Crippen LogP) is 3.75. The molecule has 0 aliphatic heterocycles. The summed E-state index contributed by atoms with van der Waals surface area (Å²) in [7, 11) is -3.10. The summed E-state index contributed by atoms with van der Waals surface area (Å²) in [6, 6.07) is 11.8. The molecule has 136 valence electrons. The highest BCUT2D eigenvalue weighted by atomic mass is 32.2. The molecule has 0 radical (unpaired) electrons. The van der Waals surface area contributed by atoms with Gasteiger partial charge in [-0.05, 0) is 29.8 Å². The quantitative estimate of drug-likeness (QED) is 0.737. The molecule has 0 saturated heterocycles. The van der Waals surface area contributed by atoms with Crippen molar-refractivity contribution in [2.24, 2.45) is 0 Å². The summed E-state index contributed by atoms with van der Waals surface area (Å²) in [5, 5.41) is 2.81. The highest BCUT2D eigenvalue weighted by Gasteiger charge is 2.12. The maximum Gasteiger partial charge on any atom is 0.255 e. The third kappa shape index (κ3) is 4.29. The molecule has 0 atom stereocenters. The van der Waals surface area contributed by atoms with E-state index in [9.17, 15) is 13.2 Å². The monoisotopic (exact) mass is 372 g/mol. The Labute approximate surface area is 152 Å². The van der Waals surface area contributed by atoms with Gasteiger partial charge in [0.15, 0.2) is 21.3 Å². The minimum absolute atomic E-state index is 0.0464. The molecule has 1 heterocycles. The number of benzene rings is 2. The van der Waals surface area contributed by atoms with Gasteiger partial charge in [0.2, 0.25) is 0 Å². The van der Waals surface area contributed by atoms with Gasteiger partial charge in [0.25, 0.3) is 5.91 Å². The van der Waals surface area contributed by atoms with Crippen LogP contribution in [0.5, 0.6) is 0 Å². The van der Waals surface area contributed by atoms with Gasteiger partial charge >= 0.3 is 0 Å². The van der Waals surface area contributed by atoms with E-state index in [1.807, 2.05) is 13.8 Å². The molecule has 0 aliphatic rings. The fourth-order valence-electron chi connectivity index (χ4n) is 2.53. The summed E-state index contributed by atoms with van der Waals surface area (Å²) < 4.78 is 28.3. The Hall–Kier alpha value is -2.67. The number of nitrogens with one attached hydrogen (secondary N) is 1. The summed E-state index contributed by atoms with van der Waals surface area (Å²) in [6.07, 6.45) is 1.18. The van der Waals surface area contributed by atoms with Crippen molar-refractivity contribution in [1.29, 1.82) is 0 Å². The third-order valence-electron chi connectivity index (χ3n) is 3.80. The Morgan fingerprint density at radius 3 is 2.46 bits per heavy atom. The van der Waals surface area contributed by atoms with E-state index in [1.54, 1.807) is 42.5 Å². The molecule has 7 heteroatoms. The average molecular weight is 372 g/mol. The van der Waals surface area contributed by atoms with Crippen molar-refractivity contribution in [3.05, 3.63) is 59.5 Å². The fourth-order valence-corrected chi connectivity index (χ4v) is 3.32. The summed E-state index contributed by atoms with van der Waals surface area (Å²) >= 11 is 0. The molecule has 0 fully saturated rings. The number of hydrogen-bond donors (Lipinski definition) is 1. The van der Waals surface area contributed by atoms with E-state index in [4.69, 9.17) is 4.42 Å². The van der Waals surface area contributed by atoms with E-state index in [0.29, 0.717) is 28.3 Å². The first-order chi connectivity index (χ1) is 12.2. The van der Waals surface area contributed by atoms with Crippen LogP contribution in [0.2, 0.25) is 0 Å².